The van der Waals surface area contributed by atoms with Gasteiger partial charge in [0.05, 0.1) is 22.6 Å². The standard InChI is InChI=1S/C25H34N4O/c1-3-4-5-6-7-8-9-12-18-29-23-16-11-10-15-22(23)28-24(29)20(2)27-25(30)21-14-13-17-26-19-21/h10-11,13-17,19-20H,3-9,12,18H2,1-2H3,(H,27,30). The van der Waals surface area contributed by atoms with E-state index in [1.54, 1.807) is 24.5 Å². The van der Waals surface area contributed by atoms with Crippen molar-refractivity contribution in [3.05, 3.63) is 60.2 Å². The fourth-order valence-corrected chi connectivity index (χ4v) is 3.91. The maximum Gasteiger partial charge on any atom is 0.253 e. The highest BCUT2D eigenvalue weighted by Gasteiger charge is 2.19. The lowest BCUT2D eigenvalue weighted by molar-refractivity contribution is 0.0937. The summed E-state index contributed by atoms with van der Waals surface area (Å²) in [6.07, 6.45) is 13.6. The molecule has 5 heteroatoms. The molecule has 1 atom stereocenters. The van der Waals surface area contributed by atoms with Gasteiger partial charge in [-0.1, -0.05) is 64.0 Å². The van der Waals surface area contributed by atoms with E-state index in [1.807, 2.05) is 19.1 Å². The normalized spacial score (nSPS) is 12.2. The van der Waals surface area contributed by atoms with E-state index in [9.17, 15) is 4.79 Å². The highest BCUT2D eigenvalue weighted by atomic mass is 16.1. The molecule has 160 valence electrons. The molecule has 0 bridgehead atoms. The molecule has 2 aromatic heterocycles. The first-order chi connectivity index (χ1) is 14.7. The van der Waals surface area contributed by atoms with E-state index in [2.05, 4.69) is 33.9 Å². The minimum atomic E-state index is -0.181. The average Bonchev–Trinajstić information content (AvgIpc) is 3.15. The van der Waals surface area contributed by atoms with Crippen LogP contribution in [0, 0.1) is 0 Å². The number of carbonyl (C=O) groups is 1. The van der Waals surface area contributed by atoms with Crippen molar-refractivity contribution in [2.75, 3.05) is 0 Å². The first kappa shape index (κ1) is 22.0. The van der Waals surface area contributed by atoms with Crippen LogP contribution in [0.25, 0.3) is 11.0 Å². The van der Waals surface area contributed by atoms with Gasteiger partial charge in [0, 0.05) is 18.9 Å². The van der Waals surface area contributed by atoms with E-state index in [0.717, 1.165) is 29.8 Å². The maximum absolute atomic E-state index is 12.6. The van der Waals surface area contributed by atoms with E-state index in [4.69, 9.17) is 4.98 Å². The molecule has 30 heavy (non-hydrogen) atoms. The highest BCUT2D eigenvalue weighted by Crippen LogP contribution is 2.22. The predicted molar refractivity (Wildman–Crippen MR) is 122 cm³/mol. The molecule has 1 aromatic carbocycles. The van der Waals surface area contributed by atoms with Gasteiger partial charge in [0.1, 0.15) is 5.82 Å². The Morgan fingerprint density at radius 3 is 2.47 bits per heavy atom. The topological polar surface area (TPSA) is 59.8 Å². The number of unbranched alkanes of at least 4 members (excludes halogenated alkanes) is 7. The van der Waals surface area contributed by atoms with Crippen molar-refractivity contribution in [1.29, 1.82) is 0 Å². The third-order valence-corrected chi connectivity index (χ3v) is 5.58. The molecule has 0 saturated carbocycles. The SMILES string of the molecule is CCCCCCCCCCn1c(C(C)NC(=O)c2cccnc2)nc2ccccc21. The van der Waals surface area contributed by atoms with Gasteiger partial charge in [-0.3, -0.25) is 9.78 Å². The van der Waals surface area contributed by atoms with Gasteiger partial charge in [-0.25, -0.2) is 4.98 Å². The molecule has 0 aliphatic carbocycles. The van der Waals surface area contributed by atoms with E-state index in [1.165, 1.54) is 44.9 Å². The highest BCUT2D eigenvalue weighted by molar-refractivity contribution is 5.94. The third-order valence-electron chi connectivity index (χ3n) is 5.58. The molecule has 5 nitrogen and oxygen atoms in total. The van der Waals surface area contributed by atoms with Crippen molar-refractivity contribution >= 4 is 16.9 Å². The number of benzene rings is 1. The van der Waals surface area contributed by atoms with Crippen LogP contribution in [0.3, 0.4) is 0 Å². The Hall–Kier alpha value is -2.69. The zero-order valence-corrected chi connectivity index (χ0v) is 18.3. The van der Waals surface area contributed by atoms with Crippen molar-refractivity contribution in [2.24, 2.45) is 0 Å². The zero-order chi connectivity index (χ0) is 21.2. The number of nitrogens with one attached hydrogen (secondary N) is 1. The number of nitrogens with zero attached hydrogens (tertiary/aromatic N) is 3. The van der Waals surface area contributed by atoms with Crippen LogP contribution in [0.5, 0.6) is 0 Å². The first-order valence-electron chi connectivity index (χ1n) is 11.4. The molecule has 0 radical (unpaired) electrons. The monoisotopic (exact) mass is 406 g/mol. The molecule has 3 aromatic rings. The second-order valence-corrected chi connectivity index (χ2v) is 8.02. The minimum Gasteiger partial charge on any atom is -0.342 e. The Labute approximate surface area is 179 Å². The second kappa shape index (κ2) is 11.5. The average molecular weight is 407 g/mol. The van der Waals surface area contributed by atoms with Gasteiger partial charge >= 0.3 is 0 Å². The summed E-state index contributed by atoms with van der Waals surface area (Å²) < 4.78 is 2.28. The molecule has 3 rings (SSSR count). The Balaban J connectivity index is 1.63. The van der Waals surface area contributed by atoms with Gasteiger partial charge in [0.15, 0.2) is 0 Å². The van der Waals surface area contributed by atoms with E-state index in [0.29, 0.717) is 5.56 Å². The number of rotatable bonds is 12. The Morgan fingerprint density at radius 1 is 1.00 bits per heavy atom. The van der Waals surface area contributed by atoms with Crippen LogP contribution in [0.15, 0.2) is 48.8 Å². The van der Waals surface area contributed by atoms with E-state index < -0.39 is 0 Å². The fraction of sp³-hybridized carbons (Fsp3) is 0.480. The van der Waals surface area contributed by atoms with Crippen molar-refractivity contribution in [2.45, 2.75) is 77.8 Å². The maximum atomic E-state index is 12.6. The first-order valence-corrected chi connectivity index (χ1v) is 11.4. The van der Waals surface area contributed by atoms with Gasteiger partial charge in [-0.05, 0) is 37.6 Å². The summed E-state index contributed by atoms with van der Waals surface area (Å²) in [6, 6.07) is 11.6. The predicted octanol–water partition coefficient (Wildman–Crippen LogP) is 6.06. The number of amides is 1. The molecule has 1 unspecified atom stereocenters. The molecular weight excluding hydrogens is 372 g/mol. The van der Waals surface area contributed by atoms with Crippen molar-refractivity contribution in [3.63, 3.8) is 0 Å². The van der Waals surface area contributed by atoms with Crippen LogP contribution in [0.2, 0.25) is 0 Å². The lowest BCUT2D eigenvalue weighted by atomic mass is 10.1. The number of imidazole rings is 1. The van der Waals surface area contributed by atoms with Gasteiger partial charge < -0.3 is 9.88 Å². The number of aryl methyl sites for hydroxylation is 1. The van der Waals surface area contributed by atoms with Crippen LogP contribution >= 0.6 is 0 Å². The fourth-order valence-electron chi connectivity index (χ4n) is 3.91. The van der Waals surface area contributed by atoms with Gasteiger partial charge in [0.25, 0.3) is 5.91 Å². The molecule has 1 N–H and O–H groups in total. The molecule has 0 spiro atoms. The summed E-state index contributed by atoms with van der Waals surface area (Å²) in [5, 5.41) is 3.08. The number of hydrogen-bond donors (Lipinski definition) is 1. The van der Waals surface area contributed by atoms with E-state index >= 15 is 0 Å². The summed E-state index contributed by atoms with van der Waals surface area (Å²) in [4.78, 5) is 21.5. The second-order valence-electron chi connectivity index (χ2n) is 8.02. The van der Waals surface area contributed by atoms with Gasteiger partial charge in [0.2, 0.25) is 0 Å². The number of hydrogen-bond acceptors (Lipinski definition) is 3. The summed E-state index contributed by atoms with van der Waals surface area (Å²) >= 11 is 0. The zero-order valence-electron chi connectivity index (χ0n) is 18.3. The smallest absolute Gasteiger partial charge is 0.253 e. The largest absolute Gasteiger partial charge is 0.342 e. The molecule has 2 heterocycles. The number of pyridine rings is 1. The van der Waals surface area contributed by atoms with Crippen LogP contribution in [0.1, 0.15) is 87.4 Å². The minimum absolute atomic E-state index is 0.124. The Bertz CT molecular complexity index is 919. The summed E-state index contributed by atoms with van der Waals surface area (Å²) in [5.74, 6) is 0.790. The molecule has 0 aliphatic heterocycles. The van der Waals surface area contributed by atoms with Crippen molar-refractivity contribution in [1.82, 2.24) is 19.9 Å². The van der Waals surface area contributed by atoms with Crippen LogP contribution < -0.4 is 5.32 Å². The molecular formula is C25H34N4O. The number of fused-ring (bicyclic) bond motifs is 1. The van der Waals surface area contributed by atoms with Gasteiger partial charge in [-0.2, -0.15) is 0 Å². The number of aromatic nitrogens is 3. The number of carbonyl (C=O) groups excluding carboxylic acids is 1. The lowest BCUT2D eigenvalue weighted by Gasteiger charge is -2.16. The van der Waals surface area contributed by atoms with Crippen LogP contribution in [-0.2, 0) is 6.54 Å². The van der Waals surface area contributed by atoms with Crippen molar-refractivity contribution < 1.29 is 4.79 Å². The van der Waals surface area contributed by atoms with E-state index in [-0.39, 0.29) is 11.9 Å². The Morgan fingerprint density at radius 2 is 1.73 bits per heavy atom. The summed E-state index contributed by atoms with van der Waals surface area (Å²) in [5.41, 5.74) is 2.68. The van der Waals surface area contributed by atoms with Crippen LogP contribution in [-0.4, -0.2) is 20.4 Å². The summed E-state index contributed by atoms with van der Waals surface area (Å²) in [7, 11) is 0. The van der Waals surface area contributed by atoms with Gasteiger partial charge in [-0.15, -0.1) is 0 Å². The Kier molecular flexibility index (Phi) is 8.42. The number of para-hydroxylation sites is 2. The lowest BCUT2D eigenvalue weighted by Crippen LogP contribution is -2.28. The quantitative estimate of drug-likeness (QED) is 0.372. The van der Waals surface area contributed by atoms with Crippen LogP contribution in [0.4, 0.5) is 0 Å². The van der Waals surface area contributed by atoms with Crippen molar-refractivity contribution in [3.8, 4) is 0 Å². The molecule has 1 amide bonds. The molecule has 0 saturated heterocycles. The molecule has 0 fully saturated rings. The molecule has 0 aliphatic rings. The third kappa shape index (κ3) is 5.91. The summed E-state index contributed by atoms with van der Waals surface area (Å²) in [6.45, 7) is 5.19.